The van der Waals surface area contributed by atoms with Crippen LogP contribution in [0.4, 0.5) is 0 Å². The van der Waals surface area contributed by atoms with Gasteiger partial charge in [0.15, 0.2) is 11.6 Å². The molecular weight excluding hydrogens is 312 g/mol. The van der Waals surface area contributed by atoms with E-state index in [0.29, 0.717) is 5.41 Å². The highest BCUT2D eigenvalue weighted by Gasteiger charge is 2.39. The minimum atomic E-state index is 0.555. The first-order valence-electron chi connectivity index (χ1n) is 9.54. The van der Waals surface area contributed by atoms with Crippen molar-refractivity contribution in [1.82, 2.24) is 24.8 Å². The van der Waals surface area contributed by atoms with E-state index in [1.165, 1.54) is 45.1 Å². The molecule has 0 aromatic carbocycles. The zero-order valence-electron chi connectivity index (χ0n) is 15.1. The fourth-order valence-corrected chi connectivity index (χ4v) is 4.51. The van der Waals surface area contributed by atoms with Crippen LogP contribution in [0.5, 0.6) is 0 Å². The quantitative estimate of drug-likeness (QED) is 0.689. The molecule has 2 fully saturated rings. The van der Waals surface area contributed by atoms with E-state index in [-0.39, 0.29) is 0 Å². The smallest absolute Gasteiger partial charge is 0.193 e. The summed E-state index contributed by atoms with van der Waals surface area (Å²) in [6, 6.07) is 5.99. The van der Waals surface area contributed by atoms with E-state index in [2.05, 4.69) is 29.8 Å². The Kier molecular flexibility index (Phi) is 4.59. The predicted octanol–water partition coefficient (Wildman–Crippen LogP) is 2.50. The third kappa shape index (κ3) is 3.34. The van der Waals surface area contributed by atoms with Crippen molar-refractivity contribution >= 4 is 11.6 Å². The Balaban J connectivity index is 1.34. The van der Waals surface area contributed by atoms with Crippen molar-refractivity contribution in [1.29, 1.82) is 0 Å². The molecule has 0 radical (unpaired) electrons. The maximum absolute atomic E-state index is 4.52. The SMILES string of the molecule is CN=C(NCCc1nnc2ccccn12)N1CCC2(CCCCC2)C1. The number of nitrogens with one attached hydrogen (secondary N) is 1. The maximum Gasteiger partial charge on any atom is 0.193 e. The van der Waals surface area contributed by atoms with Crippen molar-refractivity contribution in [2.75, 3.05) is 26.7 Å². The lowest BCUT2D eigenvalue weighted by molar-refractivity contribution is 0.203. The van der Waals surface area contributed by atoms with Crippen molar-refractivity contribution in [3.05, 3.63) is 30.2 Å². The van der Waals surface area contributed by atoms with Gasteiger partial charge in [0.25, 0.3) is 0 Å². The van der Waals surface area contributed by atoms with Crippen LogP contribution in [0, 0.1) is 5.41 Å². The molecule has 0 atom stereocenters. The molecule has 1 aliphatic carbocycles. The molecule has 4 rings (SSSR count). The van der Waals surface area contributed by atoms with E-state index in [9.17, 15) is 0 Å². The Morgan fingerprint density at radius 3 is 2.92 bits per heavy atom. The topological polar surface area (TPSA) is 57.8 Å². The van der Waals surface area contributed by atoms with Crippen LogP contribution in [-0.2, 0) is 6.42 Å². The molecule has 6 nitrogen and oxygen atoms in total. The van der Waals surface area contributed by atoms with E-state index in [1.54, 1.807) is 0 Å². The van der Waals surface area contributed by atoms with Gasteiger partial charge in [0.2, 0.25) is 0 Å². The molecule has 0 unspecified atom stereocenters. The van der Waals surface area contributed by atoms with Crippen LogP contribution >= 0.6 is 0 Å². The summed E-state index contributed by atoms with van der Waals surface area (Å²) in [5.74, 6) is 2.03. The van der Waals surface area contributed by atoms with Crippen molar-refractivity contribution in [3.8, 4) is 0 Å². The average molecular weight is 340 g/mol. The van der Waals surface area contributed by atoms with Gasteiger partial charge in [0, 0.05) is 39.3 Å². The first-order chi connectivity index (χ1) is 12.3. The summed E-state index contributed by atoms with van der Waals surface area (Å²) in [4.78, 5) is 6.97. The van der Waals surface area contributed by atoms with E-state index in [4.69, 9.17) is 0 Å². The number of pyridine rings is 1. The van der Waals surface area contributed by atoms with Crippen LogP contribution in [0.25, 0.3) is 5.65 Å². The Hall–Kier alpha value is -2.11. The average Bonchev–Trinajstić information content (AvgIpc) is 3.24. The van der Waals surface area contributed by atoms with Gasteiger partial charge < -0.3 is 10.2 Å². The van der Waals surface area contributed by atoms with Crippen LogP contribution in [0.2, 0.25) is 0 Å². The second kappa shape index (κ2) is 7.02. The number of likely N-dealkylation sites (tertiary alicyclic amines) is 1. The maximum atomic E-state index is 4.52. The fraction of sp³-hybridized carbons (Fsp3) is 0.632. The molecule has 25 heavy (non-hydrogen) atoms. The highest BCUT2D eigenvalue weighted by molar-refractivity contribution is 5.80. The molecule has 3 heterocycles. The standard InChI is InChI=1S/C19H28N6/c1-20-18(24-14-11-19(15-24)9-4-2-5-10-19)21-12-8-17-23-22-16-7-3-6-13-25(16)17/h3,6-7,13H,2,4-5,8-12,14-15H2,1H3,(H,20,21). The molecule has 1 saturated carbocycles. The Labute approximate surface area is 149 Å². The number of aromatic nitrogens is 3. The lowest BCUT2D eigenvalue weighted by Crippen LogP contribution is -2.42. The number of hydrogen-bond donors (Lipinski definition) is 1. The van der Waals surface area contributed by atoms with E-state index < -0.39 is 0 Å². The highest BCUT2D eigenvalue weighted by Crippen LogP contribution is 2.43. The normalized spacial score (nSPS) is 20.5. The molecule has 1 N–H and O–H groups in total. The van der Waals surface area contributed by atoms with Gasteiger partial charge in [0.1, 0.15) is 5.82 Å². The molecular formula is C19H28N6. The Bertz CT molecular complexity index is 743. The van der Waals surface area contributed by atoms with Gasteiger partial charge in [-0.2, -0.15) is 0 Å². The lowest BCUT2D eigenvalue weighted by Gasteiger charge is -2.33. The van der Waals surface area contributed by atoms with Crippen LogP contribution in [0.3, 0.4) is 0 Å². The molecule has 134 valence electrons. The molecule has 0 bridgehead atoms. The molecule has 2 aliphatic rings. The zero-order chi connectivity index (χ0) is 17.1. The third-order valence-electron chi connectivity index (χ3n) is 5.88. The lowest BCUT2D eigenvalue weighted by atomic mass is 9.73. The van der Waals surface area contributed by atoms with Crippen LogP contribution in [-0.4, -0.2) is 52.1 Å². The number of guanidine groups is 1. The first kappa shape index (κ1) is 16.4. The van der Waals surface area contributed by atoms with Gasteiger partial charge >= 0.3 is 0 Å². The summed E-state index contributed by atoms with van der Waals surface area (Å²) in [6.07, 6.45) is 11.2. The van der Waals surface area contributed by atoms with Crippen LogP contribution in [0.1, 0.15) is 44.3 Å². The summed E-state index contributed by atoms with van der Waals surface area (Å²) in [5, 5.41) is 12.0. The highest BCUT2D eigenvalue weighted by atomic mass is 15.3. The number of nitrogens with zero attached hydrogens (tertiary/aromatic N) is 5. The Morgan fingerprint density at radius 2 is 2.08 bits per heavy atom. The van der Waals surface area contributed by atoms with Gasteiger partial charge in [0.05, 0.1) is 0 Å². The van der Waals surface area contributed by atoms with Crippen molar-refractivity contribution in [2.45, 2.75) is 44.9 Å². The summed E-state index contributed by atoms with van der Waals surface area (Å²) >= 11 is 0. The molecule has 1 aliphatic heterocycles. The molecule has 6 heteroatoms. The predicted molar refractivity (Wildman–Crippen MR) is 99.8 cm³/mol. The van der Waals surface area contributed by atoms with E-state index in [1.807, 2.05) is 31.4 Å². The van der Waals surface area contributed by atoms with Crippen LogP contribution < -0.4 is 5.32 Å². The molecule has 0 amide bonds. The van der Waals surface area contributed by atoms with Crippen molar-refractivity contribution in [2.24, 2.45) is 10.4 Å². The largest absolute Gasteiger partial charge is 0.356 e. The fourth-order valence-electron chi connectivity index (χ4n) is 4.51. The van der Waals surface area contributed by atoms with Gasteiger partial charge in [-0.25, -0.2) is 0 Å². The summed E-state index contributed by atoms with van der Waals surface area (Å²) in [5.41, 5.74) is 1.46. The summed E-state index contributed by atoms with van der Waals surface area (Å²) in [6.45, 7) is 3.12. The van der Waals surface area contributed by atoms with Gasteiger partial charge in [-0.3, -0.25) is 9.39 Å². The number of rotatable bonds is 3. The summed E-state index contributed by atoms with van der Waals surface area (Å²) < 4.78 is 2.05. The van der Waals surface area contributed by atoms with Gasteiger partial charge in [-0.1, -0.05) is 25.3 Å². The van der Waals surface area contributed by atoms with Gasteiger partial charge in [-0.15, -0.1) is 10.2 Å². The van der Waals surface area contributed by atoms with Crippen molar-refractivity contribution < 1.29 is 0 Å². The molecule has 2 aromatic heterocycles. The number of aliphatic imine (C=N–C) groups is 1. The second-order valence-electron chi connectivity index (χ2n) is 7.50. The zero-order valence-corrected chi connectivity index (χ0v) is 15.1. The second-order valence-corrected chi connectivity index (χ2v) is 7.50. The number of fused-ring (bicyclic) bond motifs is 1. The van der Waals surface area contributed by atoms with Crippen LogP contribution in [0.15, 0.2) is 29.4 Å². The third-order valence-corrected chi connectivity index (χ3v) is 5.88. The first-order valence-corrected chi connectivity index (χ1v) is 9.54. The molecule has 1 saturated heterocycles. The Morgan fingerprint density at radius 1 is 1.20 bits per heavy atom. The van der Waals surface area contributed by atoms with Crippen molar-refractivity contribution in [3.63, 3.8) is 0 Å². The monoisotopic (exact) mass is 340 g/mol. The summed E-state index contributed by atoms with van der Waals surface area (Å²) in [7, 11) is 1.89. The minimum Gasteiger partial charge on any atom is -0.356 e. The van der Waals surface area contributed by atoms with E-state index >= 15 is 0 Å². The minimum absolute atomic E-state index is 0.555. The van der Waals surface area contributed by atoms with E-state index in [0.717, 1.165) is 36.9 Å². The number of hydrogen-bond acceptors (Lipinski definition) is 3. The molecule has 2 aromatic rings. The van der Waals surface area contributed by atoms with Gasteiger partial charge in [-0.05, 0) is 36.8 Å². The molecule has 1 spiro atoms.